The van der Waals surface area contributed by atoms with Crippen LogP contribution in [0.2, 0.25) is 5.02 Å². The molecule has 0 unspecified atom stereocenters. The first-order valence-electron chi connectivity index (χ1n) is 7.11. The lowest BCUT2D eigenvalue weighted by molar-refractivity contribution is 0.0943. The van der Waals surface area contributed by atoms with Gasteiger partial charge in [-0.05, 0) is 36.9 Å². The average Bonchev–Trinajstić information content (AvgIpc) is 3.16. The first-order chi connectivity index (χ1) is 11.1. The van der Waals surface area contributed by atoms with Gasteiger partial charge in [0.25, 0.3) is 5.91 Å². The molecule has 1 N–H and O–H groups in total. The van der Waals surface area contributed by atoms with Crippen LogP contribution in [-0.2, 0) is 0 Å². The number of rotatable bonds is 4. The molecule has 2 aromatic heterocycles. The Labute approximate surface area is 148 Å². The summed E-state index contributed by atoms with van der Waals surface area (Å²) in [6, 6.07) is 9.38. The zero-order valence-corrected chi connectivity index (χ0v) is 15.1. The molecule has 0 radical (unpaired) electrons. The van der Waals surface area contributed by atoms with Crippen LogP contribution < -0.4 is 5.32 Å². The molecular weight excluding hydrogens is 348 g/mol. The van der Waals surface area contributed by atoms with Crippen molar-refractivity contribution in [2.45, 2.75) is 19.9 Å². The molecule has 0 bridgehead atoms. The summed E-state index contributed by atoms with van der Waals surface area (Å²) in [6.45, 7) is 3.79. The average molecular weight is 363 g/mol. The second kappa shape index (κ2) is 6.83. The zero-order chi connectivity index (χ0) is 16.4. The minimum atomic E-state index is -0.165. The molecule has 3 rings (SSSR count). The number of hydrogen-bond donors (Lipinski definition) is 1. The summed E-state index contributed by atoms with van der Waals surface area (Å²) < 4.78 is 0. The molecule has 3 nitrogen and oxygen atoms in total. The van der Waals surface area contributed by atoms with Crippen LogP contribution >= 0.6 is 34.3 Å². The number of nitrogens with zero attached hydrogens (tertiary/aromatic N) is 1. The van der Waals surface area contributed by atoms with Gasteiger partial charge in [0, 0.05) is 16.0 Å². The van der Waals surface area contributed by atoms with Crippen molar-refractivity contribution in [3.63, 3.8) is 0 Å². The molecule has 118 valence electrons. The standard InChI is InChI=1S/C17H15ClN2OS2/c1-10(13-5-3-4-6-14(13)18)19-16(21)15-11(2)20-17(23-15)12-7-8-22-9-12/h3-10H,1-2H3,(H,19,21)/t10-/m1/s1. The van der Waals surface area contributed by atoms with Crippen LogP contribution in [0.25, 0.3) is 10.6 Å². The number of benzene rings is 1. The van der Waals surface area contributed by atoms with E-state index < -0.39 is 0 Å². The summed E-state index contributed by atoms with van der Waals surface area (Å²) in [5.74, 6) is -0.117. The van der Waals surface area contributed by atoms with Crippen LogP contribution in [0.4, 0.5) is 0 Å². The number of amides is 1. The minimum absolute atomic E-state index is 0.117. The molecule has 0 saturated heterocycles. The molecule has 6 heteroatoms. The molecule has 0 aliphatic carbocycles. The van der Waals surface area contributed by atoms with Gasteiger partial charge in [0.1, 0.15) is 9.88 Å². The molecule has 2 heterocycles. The molecular formula is C17H15ClN2OS2. The summed E-state index contributed by atoms with van der Waals surface area (Å²) in [4.78, 5) is 17.7. The Kier molecular flexibility index (Phi) is 4.80. The third kappa shape index (κ3) is 3.47. The predicted octanol–water partition coefficient (Wildman–Crippen LogP) is 5.32. The van der Waals surface area contributed by atoms with Gasteiger partial charge in [-0.25, -0.2) is 4.98 Å². The maximum absolute atomic E-state index is 12.6. The smallest absolute Gasteiger partial charge is 0.263 e. The first kappa shape index (κ1) is 16.2. The fourth-order valence-corrected chi connectivity index (χ4v) is 4.26. The molecule has 23 heavy (non-hydrogen) atoms. The van der Waals surface area contributed by atoms with Crippen LogP contribution in [0.3, 0.4) is 0 Å². The number of aromatic nitrogens is 1. The highest BCUT2D eigenvalue weighted by atomic mass is 35.5. The Morgan fingerprint density at radius 2 is 2.09 bits per heavy atom. The van der Waals surface area contributed by atoms with E-state index in [4.69, 9.17) is 11.6 Å². The molecule has 1 amide bonds. The Balaban J connectivity index is 1.80. The third-order valence-corrected chi connectivity index (χ3v) is 5.72. The van der Waals surface area contributed by atoms with E-state index in [-0.39, 0.29) is 11.9 Å². The predicted molar refractivity (Wildman–Crippen MR) is 97.5 cm³/mol. The zero-order valence-electron chi connectivity index (χ0n) is 12.7. The van der Waals surface area contributed by atoms with E-state index >= 15 is 0 Å². The van der Waals surface area contributed by atoms with Crippen molar-refractivity contribution >= 4 is 40.2 Å². The van der Waals surface area contributed by atoms with Crippen molar-refractivity contribution in [2.75, 3.05) is 0 Å². The number of nitrogens with one attached hydrogen (secondary N) is 1. The molecule has 0 fully saturated rings. The van der Waals surface area contributed by atoms with E-state index in [0.29, 0.717) is 9.90 Å². The van der Waals surface area contributed by atoms with E-state index in [0.717, 1.165) is 21.8 Å². The number of aryl methyl sites for hydroxylation is 1. The van der Waals surface area contributed by atoms with E-state index in [1.54, 1.807) is 11.3 Å². The van der Waals surface area contributed by atoms with Crippen molar-refractivity contribution < 1.29 is 4.79 Å². The van der Waals surface area contributed by atoms with Gasteiger partial charge in [0.05, 0.1) is 11.7 Å². The number of carbonyl (C=O) groups is 1. The quantitative estimate of drug-likeness (QED) is 0.682. The van der Waals surface area contributed by atoms with Gasteiger partial charge in [0.2, 0.25) is 0 Å². The van der Waals surface area contributed by atoms with Crippen molar-refractivity contribution in [1.29, 1.82) is 0 Å². The summed E-state index contributed by atoms with van der Waals surface area (Å²) >= 11 is 9.23. The number of hydrogen-bond acceptors (Lipinski definition) is 4. The molecule has 0 aliphatic heterocycles. The van der Waals surface area contributed by atoms with Crippen molar-refractivity contribution in [1.82, 2.24) is 10.3 Å². The topological polar surface area (TPSA) is 42.0 Å². The highest BCUT2D eigenvalue weighted by molar-refractivity contribution is 7.17. The summed E-state index contributed by atoms with van der Waals surface area (Å²) in [5, 5.41) is 8.57. The molecule has 3 aromatic rings. The fourth-order valence-electron chi connectivity index (χ4n) is 2.28. The third-order valence-electron chi connectivity index (χ3n) is 3.49. The summed E-state index contributed by atoms with van der Waals surface area (Å²) in [6.07, 6.45) is 0. The van der Waals surface area contributed by atoms with Crippen LogP contribution in [0.15, 0.2) is 41.1 Å². The van der Waals surface area contributed by atoms with Crippen molar-refractivity contribution in [2.24, 2.45) is 0 Å². The van der Waals surface area contributed by atoms with Crippen molar-refractivity contribution in [3.8, 4) is 10.6 Å². The molecule has 1 aromatic carbocycles. The Bertz CT molecular complexity index is 827. The van der Waals surface area contributed by atoms with Gasteiger partial charge < -0.3 is 5.32 Å². The molecule has 1 atom stereocenters. The second-order valence-electron chi connectivity index (χ2n) is 5.16. The van der Waals surface area contributed by atoms with Crippen molar-refractivity contribution in [3.05, 3.63) is 62.2 Å². The van der Waals surface area contributed by atoms with E-state index in [1.165, 1.54) is 11.3 Å². The van der Waals surface area contributed by atoms with Gasteiger partial charge in [0.15, 0.2) is 0 Å². The number of carbonyl (C=O) groups excluding carboxylic acids is 1. The van der Waals surface area contributed by atoms with Crippen LogP contribution in [-0.4, -0.2) is 10.9 Å². The number of thiophene rings is 1. The number of halogens is 1. The van der Waals surface area contributed by atoms with Gasteiger partial charge in [-0.1, -0.05) is 29.8 Å². The summed E-state index contributed by atoms with van der Waals surface area (Å²) in [7, 11) is 0. The van der Waals surface area contributed by atoms with Gasteiger partial charge in [-0.2, -0.15) is 11.3 Å². The maximum Gasteiger partial charge on any atom is 0.263 e. The van der Waals surface area contributed by atoms with E-state index in [1.807, 2.05) is 54.9 Å². The summed E-state index contributed by atoms with van der Waals surface area (Å²) in [5.41, 5.74) is 2.71. The maximum atomic E-state index is 12.6. The monoisotopic (exact) mass is 362 g/mol. The van der Waals surface area contributed by atoms with E-state index in [2.05, 4.69) is 10.3 Å². The highest BCUT2D eigenvalue weighted by Crippen LogP contribution is 2.30. The largest absolute Gasteiger partial charge is 0.345 e. The Hall–Kier alpha value is -1.69. The van der Waals surface area contributed by atoms with Crippen LogP contribution in [0.1, 0.15) is 33.9 Å². The molecule has 0 aliphatic rings. The van der Waals surface area contributed by atoms with Crippen LogP contribution in [0, 0.1) is 6.92 Å². The SMILES string of the molecule is Cc1nc(-c2ccsc2)sc1C(=O)N[C@H](C)c1ccccc1Cl. The van der Waals surface area contributed by atoms with E-state index in [9.17, 15) is 4.79 Å². The normalized spacial score (nSPS) is 12.1. The lowest BCUT2D eigenvalue weighted by Gasteiger charge is -2.15. The first-order valence-corrected chi connectivity index (χ1v) is 9.25. The fraction of sp³-hybridized carbons (Fsp3) is 0.176. The second-order valence-corrected chi connectivity index (χ2v) is 7.35. The van der Waals surface area contributed by atoms with Gasteiger partial charge in [-0.15, -0.1) is 11.3 Å². The number of thiazole rings is 1. The minimum Gasteiger partial charge on any atom is -0.345 e. The van der Waals surface area contributed by atoms with Gasteiger partial charge in [-0.3, -0.25) is 4.79 Å². The Morgan fingerprint density at radius 3 is 2.78 bits per heavy atom. The van der Waals surface area contributed by atoms with Crippen LogP contribution in [0.5, 0.6) is 0 Å². The lowest BCUT2D eigenvalue weighted by atomic mass is 10.1. The lowest BCUT2D eigenvalue weighted by Crippen LogP contribution is -2.26. The molecule has 0 spiro atoms. The molecule has 0 saturated carbocycles. The Morgan fingerprint density at radius 1 is 1.30 bits per heavy atom. The van der Waals surface area contributed by atoms with Gasteiger partial charge >= 0.3 is 0 Å². The highest BCUT2D eigenvalue weighted by Gasteiger charge is 2.19.